The van der Waals surface area contributed by atoms with Crippen molar-refractivity contribution in [3.8, 4) is 11.3 Å². The average molecular weight is 377 g/mol. The standard InChI is InChI=1S/C17H17BrN2O3/c1-10-13-7-12(18)8-19-15(13)20(16(21)23-17(2,3)4)14(10)11-5-6-22-9-11/h5-9H,1-4H3. The summed E-state index contributed by atoms with van der Waals surface area (Å²) in [6.07, 6.45) is 4.40. The van der Waals surface area contributed by atoms with Crippen LogP contribution in [0.5, 0.6) is 0 Å². The van der Waals surface area contributed by atoms with Gasteiger partial charge in [0.25, 0.3) is 0 Å². The maximum absolute atomic E-state index is 12.7. The molecule has 0 fully saturated rings. The summed E-state index contributed by atoms with van der Waals surface area (Å²) in [6, 6.07) is 3.76. The van der Waals surface area contributed by atoms with Crippen molar-refractivity contribution < 1.29 is 13.9 Å². The van der Waals surface area contributed by atoms with E-state index in [1.54, 1.807) is 18.7 Å². The predicted molar refractivity (Wildman–Crippen MR) is 91.5 cm³/mol. The molecule has 5 nitrogen and oxygen atoms in total. The smallest absolute Gasteiger partial charge is 0.420 e. The Hall–Kier alpha value is -2.08. The lowest BCUT2D eigenvalue weighted by atomic mass is 10.1. The second-order valence-corrected chi connectivity index (χ2v) is 7.24. The lowest BCUT2D eigenvalue weighted by molar-refractivity contribution is 0.0546. The van der Waals surface area contributed by atoms with Crippen molar-refractivity contribution in [2.45, 2.75) is 33.3 Å². The number of pyridine rings is 1. The number of hydrogen-bond donors (Lipinski definition) is 0. The molecule has 0 aliphatic carbocycles. The Labute approximate surface area is 142 Å². The van der Waals surface area contributed by atoms with Gasteiger partial charge in [-0.15, -0.1) is 0 Å². The van der Waals surface area contributed by atoms with Crippen LogP contribution in [0.1, 0.15) is 26.3 Å². The van der Waals surface area contributed by atoms with Gasteiger partial charge in [0.15, 0.2) is 0 Å². The summed E-state index contributed by atoms with van der Waals surface area (Å²) < 4.78 is 13.1. The molecular weight excluding hydrogens is 360 g/mol. The van der Waals surface area contributed by atoms with E-state index in [4.69, 9.17) is 9.15 Å². The van der Waals surface area contributed by atoms with Gasteiger partial charge in [0.2, 0.25) is 0 Å². The van der Waals surface area contributed by atoms with E-state index >= 15 is 0 Å². The molecule has 120 valence electrons. The lowest BCUT2D eigenvalue weighted by Crippen LogP contribution is -2.27. The van der Waals surface area contributed by atoms with Crippen molar-refractivity contribution in [2.75, 3.05) is 0 Å². The van der Waals surface area contributed by atoms with Crippen LogP contribution in [-0.2, 0) is 4.74 Å². The first-order valence-corrected chi connectivity index (χ1v) is 8.00. The topological polar surface area (TPSA) is 57.3 Å². The number of aryl methyl sites for hydroxylation is 1. The molecule has 6 heteroatoms. The Morgan fingerprint density at radius 1 is 1.39 bits per heavy atom. The number of nitrogens with zero attached hydrogens (tertiary/aromatic N) is 2. The molecule has 0 radical (unpaired) electrons. The number of carbonyl (C=O) groups is 1. The molecule has 3 aromatic heterocycles. The van der Waals surface area contributed by atoms with Crippen molar-refractivity contribution in [3.63, 3.8) is 0 Å². The number of fused-ring (bicyclic) bond motifs is 1. The number of ether oxygens (including phenoxy) is 1. The van der Waals surface area contributed by atoms with Crippen molar-refractivity contribution >= 4 is 33.1 Å². The van der Waals surface area contributed by atoms with E-state index in [9.17, 15) is 4.79 Å². The van der Waals surface area contributed by atoms with Crippen LogP contribution < -0.4 is 0 Å². The molecule has 0 N–H and O–H groups in total. The monoisotopic (exact) mass is 376 g/mol. The minimum absolute atomic E-state index is 0.457. The van der Waals surface area contributed by atoms with Crippen LogP contribution in [0, 0.1) is 6.92 Å². The highest BCUT2D eigenvalue weighted by Gasteiger charge is 2.26. The van der Waals surface area contributed by atoms with Crippen molar-refractivity contribution in [1.82, 2.24) is 9.55 Å². The van der Waals surface area contributed by atoms with E-state index in [1.807, 2.05) is 39.8 Å². The first-order chi connectivity index (χ1) is 10.8. The fourth-order valence-electron chi connectivity index (χ4n) is 2.52. The first-order valence-electron chi connectivity index (χ1n) is 7.20. The second-order valence-electron chi connectivity index (χ2n) is 6.33. The number of aromatic nitrogens is 2. The zero-order valence-corrected chi connectivity index (χ0v) is 15.0. The fourth-order valence-corrected chi connectivity index (χ4v) is 2.85. The minimum atomic E-state index is -0.593. The van der Waals surface area contributed by atoms with E-state index < -0.39 is 11.7 Å². The number of rotatable bonds is 1. The second kappa shape index (κ2) is 5.53. The van der Waals surface area contributed by atoms with Crippen LogP contribution in [0.2, 0.25) is 0 Å². The summed E-state index contributed by atoms with van der Waals surface area (Å²) in [5.74, 6) is 0. The highest BCUT2D eigenvalue weighted by atomic mass is 79.9. The van der Waals surface area contributed by atoms with E-state index in [0.29, 0.717) is 5.65 Å². The summed E-state index contributed by atoms with van der Waals surface area (Å²) in [4.78, 5) is 17.2. The number of hydrogen-bond acceptors (Lipinski definition) is 4. The summed E-state index contributed by atoms with van der Waals surface area (Å²) in [7, 11) is 0. The first kappa shape index (κ1) is 15.8. The summed E-state index contributed by atoms with van der Waals surface area (Å²) >= 11 is 3.43. The maximum atomic E-state index is 12.7. The molecule has 0 aliphatic heterocycles. The molecule has 0 aliphatic rings. The molecule has 3 heterocycles. The molecule has 3 rings (SSSR count). The molecule has 3 aromatic rings. The van der Waals surface area contributed by atoms with Crippen molar-refractivity contribution in [1.29, 1.82) is 0 Å². The van der Waals surface area contributed by atoms with Crippen LogP contribution in [0.4, 0.5) is 4.79 Å². The largest absolute Gasteiger partial charge is 0.472 e. The number of carbonyl (C=O) groups excluding carboxylic acids is 1. The van der Waals surface area contributed by atoms with Gasteiger partial charge in [-0.25, -0.2) is 14.3 Å². The lowest BCUT2D eigenvalue weighted by Gasteiger charge is -2.20. The molecule has 0 amide bonds. The molecular formula is C17H17BrN2O3. The Balaban J connectivity index is 2.29. The Bertz CT molecular complexity index is 874. The third kappa shape index (κ3) is 2.91. The maximum Gasteiger partial charge on any atom is 0.420 e. The summed E-state index contributed by atoms with van der Waals surface area (Å²) in [6.45, 7) is 7.47. The molecule has 0 bridgehead atoms. The van der Waals surface area contributed by atoms with Crippen LogP contribution in [-0.4, -0.2) is 21.2 Å². The molecule has 0 unspecified atom stereocenters. The fraction of sp³-hybridized carbons (Fsp3) is 0.294. The predicted octanol–water partition coefficient (Wildman–Crippen LogP) is 5.15. The molecule has 23 heavy (non-hydrogen) atoms. The zero-order chi connectivity index (χ0) is 16.8. The highest BCUT2D eigenvalue weighted by Crippen LogP contribution is 2.34. The third-order valence-electron chi connectivity index (χ3n) is 3.40. The van der Waals surface area contributed by atoms with Gasteiger partial charge in [-0.1, -0.05) is 0 Å². The van der Waals surface area contributed by atoms with Gasteiger partial charge in [0.1, 0.15) is 11.2 Å². The van der Waals surface area contributed by atoms with E-state index in [-0.39, 0.29) is 0 Å². The molecule has 0 aromatic carbocycles. The van der Waals surface area contributed by atoms with Gasteiger partial charge < -0.3 is 9.15 Å². The molecule has 0 spiro atoms. The normalized spacial score (nSPS) is 11.9. The van der Waals surface area contributed by atoms with E-state index in [0.717, 1.165) is 26.7 Å². The Morgan fingerprint density at radius 2 is 2.13 bits per heavy atom. The van der Waals surface area contributed by atoms with E-state index in [1.165, 1.54) is 4.57 Å². The number of furan rings is 1. The van der Waals surface area contributed by atoms with Gasteiger partial charge >= 0.3 is 6.09 Å². The van der Waals surface area contributed by atoms with Crippen LogP contribution in [0.15, 0.2) is 39.7 Å². The number of halogens is 1. The quantitative estimate of drug-likeness (QED) is 0.589. The van der Waals surface area contributed by atoms with Gasteiger partial charge in [-0.2, -0.15) is 0 Å². The Morgan fingerprint density at radius 3 is 2.74 bits per heavy atom. The SMILES string of the molecule is Cc1c(-c2ccoc2)n(C(=O)OC(C)(C)C)c2ncc(Br)cc12. The molecule has 0 saturated heterocycles. The van der Waals surface area contributed by atoms with Crippen LogP contribution in [0.25, 0.3) is 22.3 Å². The third-order valence-corrected chi connectivity index (χ3v) is 3.83. The van der Waals surface area contributed by atoms with Gasteiger partial charge in [-0.3, -0.25) is 0 Å². The van der Waals surface area contributed by atoms with Crippen molar-refractivity contribution in [2.24, 2.45) is 0 Å². The van der Waals surface area contributed by atoms with Crippen molar-refractivity contribution in [3.05, 3.63) is 40.9 Å². The average Bonchev–Trinajstić information content (AvgIpc) is 3.03. The van der Waals surface area contributed by atoms with Gasteiger partial charge in [0, 0.05) is 21.6 Å². The zero-order valence-electron chi connectivity index (χ0n) is 13.4. The van der Waals surface area contributed by atoms with Gasteiger partial charge in [0.05, 0.1) is 18.2 Å². The van der Waals surface area contributed by atoms with Crippen LogP contribution in [0.3, 0.4) is 0 Å². The van der Waals surface area contributed by atoms with Crippen LogP contribution >= 0.6 is 15.9 Å². The summed E-state index contributed by atoms with van der Waals surface area (Å²) in [5.41, 5.74) is 2.46. The minimum Gasteiger partial charge on any atom is -0.472 e. The molecule has 0 saturated carbocycles. The highest BCUT2D eigenvalue weighted by molar-refractivity contribution is 9.10. The molecule has 0 atom stereocenters. The van der Waals surface area contributed by atoms with Gasteiger partial charge in [-0.05, 0) is 61.3 Å². The Kier molecular flexibility index (Phi) is 3.80. The summed E-state index contributed by atoms with van der Waals surface area (Å²) in [5, 5.41) is 0.890. The van der Waals surface area contributed by atoms with E-state index in [2.05, 4.69) is 20.9 Å².